The van der Waals surface area contributed by atoms with E-state index in [0.717, 1.165) is 10.0 Å². The summed E-state index contributed by atoms with van der Waals surface area (Å²) >= 11 is 3.39. The maximum absolute atomic E-state index is 11.6. The molecule has 0 spiro atoms. The molecule has 0 amide bonds. The highest BCUT2D eigenvalue weighted by Gasteiger charge is 2.07. The Morgan fingerprint density at radius 1 is 1.24 bits per heavy atom. The van der Waals surface area contributed by atoms with E-state index in [1.807, 2.05) is 18.2 Å². The Morgan fingerprint density at radius 2 is 2.04 bits per heavy atom. The first-order valence-corrected chi connectivity index (χ1v) is 8.00. The minimum absolute atomic E-state index is 0.131. The highest BCUT2D eigenvalue weighted by atomic mass is 79.9. The van der Waals surface area contributed by atoms with E-state index >= 15 is 0 Å². The van der Waals surface area contributed by atoms with Crippen LogP contribution in [0.15, 0.2) is 57.1 Å². The van der Waals surface area contributed by atoms with Gasteiger partial charge in [0.15, 0.2) is 0 Å². The lowest BCUT2D eigenvalue weighted by Crippen LogP contribution is -2.21. The number of carbonyl (C=O) groups is 1. The molecule has 0 aliphatic rings. The van der Waals surface area contributed by atoms with Gasteiger partial charge in [-0.05, 0) is 35.9 Å². The van der Waals surface area contributed by atoms with Crippen LogP contribution in [0.5, 0.6) is 5.75 Å². The molecule has 0 aromatic heterocycles. The third-order valence-electron chi connectivity index (χ3n) is 3.08. The summed E-state index contributed by atoms with van der Waals surface area (Å²) < 4.78 is 11.4. The van der Waals surface area contributed by atoms with E-state index in [9.17, 15) is 4.79 Å². The summed E-state index contributed by atoms with van der Waals surface area (Å²) in [7, 11) is 1.34. The molecule has 2 rings (SSSR count). The quantitative estimate of drug-likeness (QED) is 0.332. The lowest BCUT2D eigenvalue weighted by atomic mass is 10.1. The number of hydrogen-bond donors (Lipinski definition) is 2. The second-order valence-corrected chi connectivity index (χ2v) is 5.85. The maximum atomic E-state index is 11.6. The summed E-state index contributed by atoms with van der Waals surface area (Å²) in [6.45, 7) is 0.273. The fourth-order valence-electron chi connectivity index (χ4n) is 1.98. The van der Waals surface area contributed by atoms with Crippen molar-refractivity contribution in [2.24, 2.45) is 21.7 Å². The highest BCUT2D eigenvalue weighted by Crippen LogP contribution is 2.23. The van der Waals surface area contributed by atoms with Crippen molar-refractivity contribution in [1.82, 2.24) is 0 Å². The van der Waals surface area contributed by atoms with E-state index in [-0.39, 0.29) is 12.6 Å². The van der Waals surface area contributed by atoms with Gasteiger partial charge in [-0.15, -0.1) is 5.10 Å². The normalized spacial score (nSPS) is 10.5. The molecule has 0 saturated heterocycles. The number of ether oxygens (including phenoxy) is 2. The molecule has 0 radical (unpaired) electrons. The summed E-state index contributed by atoms with van der Waals surface area (Å²) in [5, 5.41) is 7.37. The third-order valence-corrected chi connectivity index (χ3v) is 3.58. The number of methoxy groups -OCH3 is 1. The second-order valence-electron chi connectivity index (χ2n) is 4.93. The van der Waals surface area contributed by atoms with Gasteiger partial charge >= 0.3 is 5.97 Å². The van der Waals surface area contributed by atoms with Gasteiger partial charge in [0.1, 0.15) is 12.4 Å². The van der Waals surface area contributed by atoms with Crippen LogP contribution in [0.25, 0.3) is 0 Å². The first kappa shape index (κ1) is 18.5. The van der Waals surface area contributed by atoms with Crippen molar-refractivity contribution in [2.75, 3.05) is 7.11 Å². The van der Waals surface area contributed by atoms with Crippen molar-refractivity contribution in [3.63, 3.8) is 0 Å². The molecule has 0 aliphatic carbocycles. The molecule has 25 heavy (non-hydrogen) atoms. The number of benzene rings is 2. The molecular formula is C17H17BrN4O3. The molecular weight excluding hydrogens is 388 g/mol. The Kier molecular flexibility index (Phi) is 6.53. The minimum atomic E-state index is -0.393. The van der Waals surface area contributed by atoms with E-state index in [2.05, 4.69) is 26.1 Å². The van der Waals surface area contributed by atoms with Gasteiger partial charge in [-0.25, -0.2) is 4.79 Å². The molecule has 4 N–H and O–H groups in total. The Bertz CT molecular complexity index is 817. The summed E-state index contributed by atoms with van der Waals surface area (Å²) in [6.07, 6.45) is 1.49. The van der Waals surface area contributed by atoms with Crippen LogP contribution in [0.4, 0.5) is 0 Å². The third kappa shape index (κ3) is 5.61. The smallest absolute Gasteiger partial charge is 0.337 e. The van der Waals surface area contributed by atoms with Crippen molar-refractivity contribution >= 4 is 34.1 Å². The predicted molar refractivity (Wildman–Crippen MR) is 99.7 cm³/mol. The van der Waals surface area contributed by atoms with Gasteiger partial charge in [0.2, 0.25) is 5.96 Å². The zero-order valence-electron chi connectivity index (χ0n) is 13.5. The van der Waals surface area contributed by atoms with Crippen LogP contribution in [0.2, 0.25) is 0 Å². The molecule has 0 saturated carbocycles. The molecule has 130 valence electrons. The first-order valence-electron chi connectivity index (χ1n) is 7.21. The van der Waals surface area contributed by atoms with Crippen molar-refractivity contribution in [2.45, 2.75) is 6.61 Å². The SMILES string of the molecule is COC(=O)c1cccc(COc2ccc(Br)cc2/C=N/N=C(N)N)c1. The van der Waals surface area contributed by atoms with Crippen LogP contribution in [0.1, 0.15) is 21.5 Å². The lowest BCUT2D eigenvalue weighted by molar-refractivity contribution is 0.0600. The minimum Gasteiger partial charge on any atom is -0.488 e. The van der Waals surface area contributed by atoms with E-state index < -0.39 is 5.97 Å². The number of rotatable bonds is 6. The average molecular weight is 405 g/mol. The van der Waals surface area contributed by atoms with Crippen molar-refractivity contribution in [1.29, 1.82) is 0 Å². The average Bonchev–Trinajstić information content (AvgIpc) is 2.60. The Labute approximate surface area is 153 Å². The number of esters is 1. The molecule has 0 fully saturated rings. The monoisotopic (exact) mass is 404 g/mol. The summed E-state index contributed by atoms with van der Waals surface area (Å²) in [5.74, 6) is 0.0742. The largest absolute Gasteiger partial charge is 0.488 e. The van der Waals surface area contributed by atoms with Gasteiger partial charge < -0.3 is 20.9 Å². The molecule has 8 heteroatoms. The maximum Gasteiger partial charge on any atom is 0.337 e. The predicted octanol–water partition coefficient (Wildman–Crippen LogP) is 2.42. The summed E-state index contributed by atoms with van der Waals surface area (Å²) in [4.78, 5) is 11.6. The van der Waals surface area contributed by atoms with Gasteiger partial charge in [0, 0.05) is 10.0 Å². The molecule has 0 unspecified atom stereocenters. The van der Waals surface area contributed by atoms with Crippen LogP contribution < -0.4 is 16.2 Å². The molecule has 2 aromatic carbocycles. The Balaban J connectivity index is 2.16. The highest BCUT2D eigenvalue weighted by molar-refractivity contribution is 9.10. The zero-order valence-corrected chi connectivity index (χ0v) is 15.1. The molecule has 0 bridgehead atoms. The Hall–Kier alpha value is -2.87. The second kappa shape index (κ2) is 8.84. The van der Waals surface area contributed by atoms with Crippen LogP contribution in [0, 0.1) is 0 Å². The van der Waals surface area contributed by atoms with E-state index in [1.165, 1.54) is 13.3 Å². The standard InChI is InChI=1S/C17H17BrN4O3/c1-24-16(23)12-4-2-3-11(7-12)10-25-15-6-5-14(18)8-13(15)9-21-22-17(19)20/h2-9H,10H2,1H3,(H4,19,20,22)/b21-9+. The van der Waals surface area contributed by atoms with Crippen molar-refractivity contribution < 1.29 is 14.3 Å². The number of halogens is 1. The van der Waals surface area contributed by atoms with Gasteiger partial charge in [-0.1, -0.05) is 28.1 Å². The topological polar surface area (TPSA) is 112 Å². The Morgan fingerprint density at radius 3 is 2.76 bits per heavy atom. The van der Waals surface area contributed by atoms with Crippen LogP contribution in [-0.2, 0) is 11.3 Å². The number of nitrogens with two attached hydrogens (primary N) is 2. The number of carbonyl (C=O) groups excluding carboxylic acids is 1. The van der Waals surface area contributed by atoms with Crippen molar-refractivity contribution in [3.05, 3.63) is 63.6 Å². The number of hydrogen-bond acceptors (Lipinski definition) is 5. The van der Waals surface area contributed by atoms with Gasteiger partial charge in [0.25, 0.3) is 0 Å². The number of nitrogens with zero attached hydrogens (tertiary/aromatic N) is 2. The fraction of sp³-hybridized carbons (Fsp3) is 0.118. The summed E-state index contributed by atoms with van der Waals surface area (Å²) in [5.41, 5.74) is 12.5. The fourth-order valence-corrected chi connectivity index (χ4v) is 2.36. The van der Waals surface area contributed by atoms with Crippen LogP contribution >= 0.6 is 15.9 Å². The van der Waals surface area contributed by atoms with E-state index in [1.54, 1.807) is 24.3 Å². The zero-order chi connectivity index (χ0) is 18.2. The van der Waals surface area contributed by atoms with Crippen LogP contribution in [0.3, 0.4) is 0 Å². The first-order chi connectivity index (χ1) is 12.0. The molecule has 2 aromatic rings. The van der Waals surface area contributed by atoms with Gasteiger partial charge in [0.05, 0.1) is 18.9 Å². The van der Waals surface area contributed by atoms with Crippen LogP contribution in [-0.4, -0.2) is 25.3 Å². The lowest BCUT2D eigenvalue weighted by Gasteiger charge is -2.10. The van der Waals surface area contributed by atoms with Gasteiger partial charge in [-0.2, -0.15) is 5.10 Å². The summed E-state index contributed by atoms with van der Waals surface area (Å²) in [6, 6.07) is 12.5. The van der Waals surface area contributed by atoms with E-state index in [0.29, 0.717) is 16.9 Å². The molecule has 0 aliphatic heterocycles. The molecule has 0 atom stereocenters. The molecule has 7 nitrogen and oxygen atoms in total. The van der Waals surface area contributed by atoms with Gasteiger partial charge in [-0.3, -0.25) is 0 Å². The number of guanidine groups is 1. The molecule has 0 heterocycles. The van der Waals surface area contributed by atoms with Crippen molar-refractivity contribution in [3.8, 4) is 5.75 Å². The van der Waals surface area contributed by atoms with E-state index in [4.69, 9.17) is 20.9 Å².